The van der Waals surface area contributed by atoms with Crippen LogP contribution in [0.4, 0.5) is 4.79 Å². The van der Waals surface area contributed by atoms with Crippen LogP contribution in [0.5, 0.6) is 0 Å². The van der Waals surface area contributed by atoms with Gasteiger partial charge in [0.25, 0.3) is 0 Å². The molecule has 1 fully saturated rings. The van der Waals surface area contributed by atoms with E-state index in [-0.39, 0.29) is 6.04 Å². The number of carbonyl (C=O) groups is 1. The van der Waals surface area contributed by atoms with Crippen molar-refractivity contribution in [2.45, 2.75) is 18.4 Å². The van der Waals surface area contributed by atoms with Crippen molar-refractivity contribution in [1.29, 1.82) is 0 Å². The zero-order valence-corrected chi connectivity index (χ0v) is 8.16. The van der Waals surface area contributed by atoms with Crippen LogP contribution in [0.25, 0.3) is 0 Å². The first-order chi connectivity index (χ1) is 6.66. The van der Waals surface area contributed by atoms with Crippen LogP contribution in [0.2, 0.25) is 5.02 Å². The maximum atomic E-state index is 10.4. The van der Waals surface area contributed by atoms with Gasteiger partial charge in [0.1, 0.15) is 0 Å². The monoisotopic (exact) mass is 211 g/mol. The quantitative estimate of drug-likeness (QED) is 0.790. The van der Waals surface area contributed by atoms with Crippen LogP contribution in [-0.4, -0.2) is 17.2 Å². The highest BCUT2D eigenvalue weighted by atomic mass is 35.5. The molecule has 14 heavy (non-hydrogen) atoms. The number of rotatable bonds is 2. The Morgan fingerprint density at radius 3 is 3.00 bits per heavy atom. The van der Waals surface area contributed by atoms with E-state index in [1.165, 1.54) is 0 Å². The topological polar surface area (TPSA) is 49.3 Å². The van der Waals surface area contributed by atoms with Crippen molar-refractivity contribution < 1.29 is 9.90 Å². The van der Waals surface area contributed by atoms with Gasteiger partial charge in [0.15, 0.2) is 0 Å². The molecular weight excluding hydrogens is 202 g/mol. The summed E-state index contributed by atoms with van der Waals surface area (Å²) in [6.45, 7) is 0. The molecule has 0 unspecified atom stereocenters. The Bertz CT molecular complexity index is 367. The highest BCUT2D eigenvalue weighted by Crippen LogP contribution is 2.41. The van der Waals surface area contributed by atoms with Gasteiger partial charge in [-0.1, -0.05) is 23.7 Å². The Labute approximate surface area is 86.7 Å². The van der Waals surface area contributed by atoms with Crippen molar-refractivity contribution in [2.75, 3.05) is 0 Å². The molecule has 1 aromatic rings. The largest absolute Gasteiger partial charge is 0.465 e. The second-order valence-corrected chi connectivity index (χ2v) is 3.89. The van der Waals surface area contributed by atoms with Crippen LogP contribution in [-0.2, 0) is 0 Å². The first-order valence-corrected chi connectivity index (χ1v) is 4.79. The van der Waals surface area contributed by atoms with E-state index in [9.17, 15) is 4.79 Å². The number of hydrogen-bond donors (Lipinski definition) is 2. The summed E-state index contributed by atoms with van der Waals surface area (Å²) >= 11 is 5.83. The Kier molecular flexibility index (Phi) is 2.33. The second-order valence-electron chi connectivity index (χ2n) is 3.45. The van der Waals surface area contributed by atoms with Crippen LogP contribution in [0, 0.1) is 0 Å². The molecule has 3 nitrogen and oxygen atoms in total. The minimum atomic E-state index is -0.959. The SMILES string of the molecule is O=C(O)N[C@@H]1C[C@H]1c1cccc(Cl)c1. The van der Waals surface area contributed by atoms with Gasteiger partial charge in [0.2, 0.25) is 0 Å². The molecule has 1 aliphatic carbocycles. The zero-order chi connectivity index (χ0) is 10.1. The molecule has 4 heteroatoms. The van der Waals surface area contributed by atoms with Crippen molar-refractivity contribution >= 4 is 17.7 Å². The average molecular weight is 212 g/mol. The van der Waals surface area contributed by atoms with Gasteiger partial charge in [0.05, 0.1) is 0 Å². The Hall–Kier alpha value is -1.22. The molecular formula is C10H10ClNO2. The minimum Gasteiger partial charge on any atom is -0.465 e. The minimum absolute atomic E-state index is 0.0611. The molecule has 0 heterocycles. The fraction of sp³-hybridized carbons (Fsp3) is 0.300. The molecule has 2 rings (SSSR count). The van der Waals surface area contributed by atoms with E-state index >= 15 is 0 Å². The standard InChI is InChI=1S/C10H10ClNO2/c11-7-3-1-2-6(4-7)8-5-9(8)12-10(13)14/h1-4,8-9,12H,5H2,(H,13,14)/t8-,9+/m0/s1. The lowest BCUT2D eigenvalue weighted by atomic mass is 10.1. The average Bonchev–Trinajstić information content (AvgIpc) is 2.82. The highest BCUT2D eigenvalue weighted by molar-refractivity contribution is 6.30. The Morgan fingerprint density at radius 2 is 2.36 bits per heavy atom. The van der Waals surface area contributed by atoms with Gasteiger partial charge >= 0.3 is 6.09 Å². The molecule has 2 atom stereocenters. The summed E-state index contributed by atoms with van der Waals surface area (Å²) in [5.74, 6) is 0.296. The molecule has 0 aromatic heterocycles. The lowest BCUT2D eigenvalue weighted by molar-refractivity contribution is 0.193. The van der Waals surface area contributed by atoms with Crippen molar-refractivity contribution in [1.82, 2.24) is 5.32 Å². The third-order valence-electron chi connectivity index (χ3n) is 2.38. The lowest BCUT2D eigenvalue weighted by Crippen LogP contribution is -2.24. The fourth-order valence-corrected chi connectivity index (χ4v) is 1.82. The van der Waals surface area contributed by atoms with Gasteiger partial charge in [0, 0.05) is 17.0 Å². The van der Waals surface area contributed by atoms with Crippen LogP contribution in [0.15, 0.2) is 24.3 Å². The van der Waals surface area contributed by atoms with Crippen molar-refractivity contribution in [3.8, 4) is 0 Å². The molecule has 1 aromatic carbocycles. The number of halogens is 1. The molecule has 0 saturated heterocycles. The van der Waals surface area contributed by atoms with Gasteiger partial charge in [-0.15, -0.1) is 0 Å². The first-order valence-electron chi connectivity index (χ1n) is 4.42. The van der Waals surface area contributed by atoms with E-state index in [1.54, 1.807) is 0 Å². The predicted octanol–water partition coefficient (Wildman–Crippen LogP) is 2.46. The first kappa shape index (κ1) is 9.34. The number of amides is 1. The summed E-state index contributed by atoms with van der Waals surface area (Å²) in [6.07, 6.45) is -0.0911. The molecule has 0 aliphatic heterocycles. The molecule has 0 radical (unpaired) electrons. The second kappa shape index (κ2) is 3.50. The summed E-state index contributed by atoms with van der Waals surface area (Å²) in [5, 5.41) is 11.7. The predicted molar refractivity (Wildman–Crippen MR) is 53.8 cm³/mol. The molecule has 1 aliphatic rings. The Balaban J connectivity index is 2.02. The Morgan fingerprint density at radius 1 is 1.57 bits per heavy atom. The highest BCUT2D eigenvalue weighted by Gasteiger charge is 2.39. The molecule has 0 spiro atoms. The fourth-order valence-electron chi connectivity index (χ4n) is 1.62. The summed E-state index contributed by atoms with van der Waals surface area (Å²) in [4.78, 5) is 10.4. The van der Waals surface area contributed by atoms with Gasteiger partial charge < -0.3 is 10.4 Å². The van der Waals surface area contributed by atoms with Crippen LogP contribution >= 0.6 is 11.6 Å². The molecule has 0 bridgehead atoms. The van der Waals surface area contributed by atoms with Crippen molar-refractivity contribution in [2.24, 2.45) is 0 Å². The normalized spacial score (nSPS) is 24.4. The van der Waals surface area contributed by atoms with E-state index in [0.29, 0.717) is 10.9 Å². The van der Waals surface area contributed by atoms with Gasteiger partial charge in [-0.3, -0.25) is 0 Å². The maximum absolute atomic E-state index is 10.4. The summed E-state index contributed by atoms with van der Waals surface area (Å²) in [7, 11) is 0. The summed E-state index contributed by atoms with van der Waals surface area (Å²) in [6, 6.07) is 7.61. The third kappa shape index (κ3) is 1.99. The van der Waals surface area contributed by atoms with Gasteiger partial charge in [-0.25, -0.2) is 4.79 Å². The van der Waals surface area contributed by atoms with Crippen molar-refractivity contribution in [3.05, 3.63) is 34.9 Å². The van der Waals surface area contributed by atoms with Crippen LogP contribution < -0.4 is 5.32 Å². The van der Waals surface area contributed by atoms with Gasteiger partial charge in [-0.05, 0) is 24.1 Å². The lowest BCUT2D eigenvalue weighted by Gasteiger charge is -2.00. The van der Waals surface area contributed by atoms with Crippen molar-refractivity contribution in [3.63, 3.8) is 0 Å². The summed E-state index contributed by atoms with van der Waals surface area (Å²) < 4.78 is 0. The number of nitrogens with one attached hydrogen (secondary N) is 1. The van der Waals surface area contributed by atoms with E-state index < -0.39 is 6.09 Å². The van der Waals surface area contributed by atoms with E-state index in [2.05, 4.69) is 5.32 Å². The van der Waals surface area contributed by atoms with Gasteiger partial charge in [-0.2, -0.15) is 0 Å². The number of hydrogen-bond acceptors (Lipinski definition) is 1. The molecule has 74 valence electrons. The van der Waals surface area contributed by atoms with E-state index in [0.717, 1.165) is 12.0 Å². The molecule has 1 saturated carbocycles. The third-order valence-corrected chi connectivity index (χ3v) is 2.61. The van der Waals surface area contributed by atoms with Crippen LogP contribution in [0.1, 0.15) is 17.9 Å². The smallest absolute Gasteiger partial charge is 0.404 e. The number of benzene rings is 1. The number of carboxylic acid groups (broad SMARTS) is 1. The van der Waals surface area contributed by atoms with Crippen LogP contribution in [0.3, 0.4) is 0 Å². The van der Waals surface area contributed by atoms with E-state index in [1.807, 2.05) is 24.3 Å². The molecule has 1 amide bonds. The summed E-state index contributed by atoms with van der Waals surface area (Å²) in [5.41, 5.74) is 1.11. The van der Waals surface area contributed by atoms with E-state index in [4.69, 9.17) is 16.7 Å². The zero-order valence-electron chi connectivity index (χ0n) is 7.40. The maximum Gasteiger partial charge on any atom is 0.404 e. The molecule has 2 N–H and O–H groups in total.